The highest BCUT2D eigenvalue weighted by atomic mass is 16.3. The van der Waals surface area contributed by atoms with Crippen LogP contribution in [-0.4, -0.2) is 48.4 Å². The van der Waals surface area contributed by atoms with E-state index in [1.165, 1.54) is 0 Å². The summed E-state index contributed by atoms with van der Waals surface area (Å²) in [5, 5.41) is 9.28. The molecule has 0 unspecified atom stereocenters. The molecule has 1 atom stereocenters. The number of hydrogen-bond acceptors (Lipinski definition) is 5. The van der Waals surface area contributed by atoms with Crippen molar-refractivity contribution >= 4 is 11.6 Å². The summed E-state index contributed by atoms with van der Waals surface area (Å²) in [6.45, 7) is 1.16. The third kappa shape index (κ3) is 2.09. The monoisotopic (exact) mass is 222 g/mol. The number of anilines is 2. The summed E-state index contributed by atoms with van der Waals surface area (Å²) in [5.41, 5.74) is 0. The van der Waals surface area contributed by atoms with E-state index in [1.807, 2.05) is 25.1 Å². The molecule has 1 fully saturated rings. The summed E-state index contributed by atoms with van der Waals surface area (Å²) in [7, 11) is 3.92. The molecule has 1 aliphatic heterocycles. The minimum Gasteiger partial charge on any atom is -0.394 e. The Hall–Kier alpha value is -1.36. The van der Waals surface area contributed by atoms with Crippen LogP contribution in [0.3, 0.4) is 0 Å². The molecular formula is C11H18N4O. The Kier molecular flexibility index (Phi) is 3.24. The van der Waals surface area contributed by atoms with Gasteiger partial charge in [-0.2, -0.15) is 0 Å². The summed E-state index contributed by atoms with van der Waals surface area (Å²) in [4.78, 5) is 12.6. The molecule has 1 saturated heterocycles. The van der Waals surface area contributed by atoms with Crippen LogP contribution in [0.4, 0.5) is 11.6 Å². The third-order valence-corrected chi connectivity index (χ3v) is 2.98. The zero-order chi connectivity index (χ0) is 11.5. The van der Waals surface area contributed by atoms with Crippen molar-refractivity contribution in [2.45, 2.75) is 18.9 Å². The van der Waals surface area contributed by atoms with Gasteiger partial charge in [-0.05, 0) is 12.8 Å². The Morgan fingerprint density at radius 3 is 3.00 bits per heavy atom. The molecule has 0 bridgehead atoms. The number of nitrogens with zero attached hydrogens (tertiary/aromatic N) is 4. The molecule has 0 aliphatic carbocycles. The van der Waals surface area contributed by atoms with E-state index in [1.54, 1.807) is 6.33 Å². The molecular weight excluding hydrogens is 204 g/mol. The summed E-state index contributed by atoms with van der Waals surface area (Å²) in [6, 6.07) is 2.18. The highest BCUT2D eigenvalue weighted by molar-refractivity contribution is 5.50. The van der Waals surface area contributed by atoms with Crippen molar-refractivity contribution in [3.63, 3.8) is 0 Å². The van der Waals surface area contributed by atoms with Crippen LogP contribution in [0.15, 0.2) is 12.4 Å². The van der Waals surface area contributed by atoms with Crippen LogP contribution in [-0.2, 0) is 0 Å². The number of aliphatic hydroxyl groups is 1. The van der Waals surface area contributed by atoms with Crippen molar-refractivity contribution in [3.8, 4) is 0 Å². The van der Waals surface area contributed by atoms with Gasteiger partial charge in [0.05, 0.1) is 12.6 Å². The Morgan fingerprint density at radius 2 is 2.31 bits per heavy atom. The maximum atomic E-state index is 9.28. The second-order valence-electron chi connectivity index (χ2n) is 4.30. The van der Waals surface area contributed by atoms with Crippen molar-refractivity contribution in [1.29, 1.82) is 0 Å². The number of hydrogen-bond donors (Lipinski definition) is 1. The van der Waals surface area contributed by atoms with Gasteiger partial charge in [-0.25, -0.2) is 9.97 Å². The van der Waals surface area contributed by atoms with E-state index in [0.717, 1.165) is 31.0 Å². The minimum atomic E-state index is 0.196. The van der Waals surface area contributed by atoms with Crippen LogP contribution >= 0.6 is 0 Å². The molecule has 16 heavy (non-hydrogen) atoms. The first-order valence-electron chi connectivity index (χ1n) is 5.59. The fourth-order valence-corrected chi connectivity index (χ4v) is 2.07. The van der Waals surface area contributed by atoms with Gasteiger partial charge in [0.15, 0.2) is 0 Å². The predicted octanol–water partition coefficient (Wildman–Crippen LogP) is 0.504. The van der Waals surface area contributed by atoms with Gasteiger partial charge in [-0.15, -0.1) is 0 Å². The van der Waals surface area contributed by atoms with Gasteiger partial charge in [-0.1, -0.05) is 0 Å². The Morgan fingerprint density at radius 1 is 1.50 bits per heavy atom. The van der Waals surface area contributed by atoms with Crippen LogP contribution in [0.1, 0.15) is 12.8 Å². The normalized spacial score (nSPS) is 20.2. The highest BCUT2D eigenvalue weighted by Crippen LogP contribution is 2.24. The van der Waals surface area contributed by atoms with E-state index in [4.69, 9.17) is 0 Å². The minimum absolute atomic E-state index is 0.196. The lowest BCUT2D eigenvalue weighted by molar-refractivity contribution is 0.266. The maximum absolute atomic E-state index is 9.28. The SMILES string of the molecule is CN(C)c1cc(N2CCC[C@H]2CO)ncn1. The molecule has 2 heterocycles. The summed E-state index contributed by atoms with van der Waals surface area (Å²) in [6.07, 6.45) is 3.74. The first-order chi connectivity index (χ1) is 7.72. The number of aromatic nitrogens is 2. The average molecular weight is 222 g/mol. The maximum Gasteiger partial charge on any atom is 0.134 e. The van der Waals surface area contributed by atoms with Crippen LogP contribution in [0.5, 0.6) is 0 Å². The van der Waals surface area contributed by atoms with Gasteiger partial charge in [0.1, 0.15) is 18.0 Å². The lowest BCUT2D eigenvalue weighted by Crippen LogP contribution is -2.32. The second-order valence-corrected chi connectivity index (χ2v) is 4.30. The molecule has 1 aromatic heterocycles. The molecule has 0 spiro atoms. The smallest absolute Gasteiger partial charge is 0.134 e. The fourth-order valence-electron chi connectivity index (χ4n) is 2.07. The molecule has 5 heteroatoms. The van der Waals surface area contributed by atoms with E-state index in [2.05, 4.69) is 14.9 Å². The van der Waals surface area contributed by atoms with Gasteiger partial charge in [0.2, 0.25) is 0 Å². The van der Waals surface area contributed by atoms with Crippen molar-refractivity contribution in [1.82, 2.24) is 9.97 Å². The first-order valence-corrected chi connectivity index (χ1v) is 5.59. The van der Waals surface area contributed by atoms with Crippen LogP contribution in [0.25, 0.3) is 0 Å². The van der Waals surface area contributed by atoms with E-state index >= 15 is 0 Å². The van der Waals surface area contributed by atoms with E-state index < -0.39 is 0 Å². The summed E-state index contributed by atoms with van der Waals surface area (Å²) >= 11 is 0. The molecule has 0 aromatic carbocycles. The van der Waals surface area contributed by atoms with E-state index in [9.17, 15) is 5.11 Å². The van der Waals surface area contributed by atoms with Crippen molar-refractivity contribution in [3.05, 3.63) is 12.4 Å². The summed E-state index contributed by atoms with van der Waals surface area (Å²) < 4.78 is 0. The zero-order valence-electron chi connectivity index (χ0n) is 9.80. The fraction of sp³-hybridized carbons (Fsp3) is 0.636. The summed E-state index contributed by atoms with van der Waals surface area (Å²) in [5.74, 6) is 1.81. The average Bonchev–Trinajstić information content (AvgIpc) is 2.77. The molecule has 0 radical (unpaired) electrons. The molecule has 1 aliphatic rings. The third-order valence-electron chi connectivity index (χ3n) is 2.98. The first kappa shape index (κ1) is 11.1. The van der Waals surface area contributed by atoms with Crippen molar-refractivity contribution < 1.29 is 5.11 Å². The van der Waals surface area contributed by atoms with Crippen molar-refractivity contribution in [2.75, 3.05) is 37.0 Å². The Labute approximate surface area is 95.7 Å². The van der Waals surface area contributed by atoms with Gasteiger partial charge in [-0.3, -0.25) is 0 Å². The van der Waals surface area contributed by atoms with E-state index in [0.29, 0.717) is 0 Å². The quantitative estimate of drug-likeness (QED) is 0.807. The molecule has 2 rings (SSSR count). The largest absolute Gasteiger partial charge is 0.394 e. The van der Waals surface area contributed by atoms with Gasteiger partial charge in [0, 0.05) is 26.7 Å². The van der Waals surface area contributed by atoms with Crippen LogP contribution in [0, 0.1) is 0 Å². The standard InChI is InChI=1S/C11H18N4O/c1-14(2)10-6-11(13-8-12-10)15-5-3-4-9(15)7-16/h6,8-9,16H,3-5,7H2,1-2H3/t9-/m0/s1. The molecule has 5 nitrogen and oxygen atoms in total. The lowest BCUT2D eigenvalue weighted by Gasteiger charge is -2.24. The Bertz CT molecular complexity index is 356. The lowest BCUT2D eigenvalue weighted by atomic mass is 10.2. The van der Waals surface area contributed by atoms with Gasteiger partial charge in [0.25, 0.3) is 0 Å². The van der Waals surface area contributed by atoms with Crippen LogP contribution < -0.4 is 9.80 Å². The molecule has 0 amide bonds. The topological polar surface area (TPSA) is 52.5 Å². The van der Waals surface area contributed by atoms with Gasteiger partial charge >= 0.3 is 0 Å². The van der Waals surface area contributed by atoms with Crippen molar-refractivity contribution in [2.24, 2.45) is 0 Å². The Balaban J connectivity index is 2.22. The van der Waals surface area contributed by atoms with Gasteiger partial charge < -0.3 is 14.9 Å². The zero-order valence-corrected chi connectivity index (χ0v) is 9.80. The molecule has 1 N–H and O–H groups in total. The molecule has 88 valence electrons. The molecule has 1 aromatic rings. The molecule has 0 saturated carbocycles. The van der Waals surface area contributed by atoms with E-state index in [-0.39, 0.29) is 12.6 Å². The number of aliphatic hydroxyl groups excluding tert-OH is 1. The van der Waals surface area contributed by atoms with Crippen LogP contribution in [0.2, 0.25) is 0 Å². The second kappa shape index (κ2) is 4.65. The number of rotatable bonds is 3. The predicted molar refractivity (Wildman–Crippen MR) is 63.8 cm³/mol. The highest BCUT2D eigenvalue weighted by Gasteiger charge is 2.25.